The Bertz CT molecular complexity index is 460. The highest BCUT2D eigenvalue weighted by atomic mass is 79.9. The van der Waals surface area contributed by atoms with Crippen LogP contribution >= 0.6 is 15.9 Å². The lowest BCUT2D eigenvalue weighted by atomic mass is 10.0. The molecule has 2 saturated heterocycles. The van der Waals surface area contributed by atoms with Gasteiger partial charge in [0.1, 0.15) is 31.8 Å². The molecular formula is C18H29BrN2O+2. The minimum atomic E-state index is 0.423. The van der Waals surface area contributed by atoms with Crippen LogP contribution in [0.3, 0.4) is 0 Å². The molecule has 2 heterocycles. The summed E-state index contributed by atoms with van der Waals surface area (Å²) in [4.78, 5) is 3.53. The Balaban J connectivity index is 1.48. The summed E-state index contributed by atoms with van der Waals surface area (Å²) in [5.74, 6) is 0. The third-order valence-corrected chi connectivity index (χ3v) is 5.73. The smallest absolute Gasteiger partial charge is 0.104 e. The molecule has 122 valence electrons. The molecule has 2 aliphatic rings. The SMILES string of the molecule is C[C@@H]1C[NH+](C2CC[NH+](Cc3ccc(Br)cc3)CC2)C[C@H](C)O1. The summed E-state index contributed by atoms with van der Waals surface area (Å²) in [6, 6.07) is 9.66. The second kappa shape index (κ2) is 7.43. The first-order valence-corrected chi connectivity index (χ1v) is 9.47. The molecular weight excluding hydrogens is 340 g/mol. The highest BCUT2D eigenvalue weighted by molar-refractivity contribution is 9.10. The quantitative estimate of drug-likeness (QED) is 0.803. The average Bonchev–Trinajstić information content (AvgIpc) is 2.49. The third-order valence-electron chi connectivity index (χ3n) is 5.20. The van der Waals surface area contributed by atoms with Crippen molar-refractivity contribution in [3.63, 3.8) is 0 Å². The highest BCUT2D eigenvalue weighted by Gasteiger charge is 2.34. The number of morpholine rings is 1. The molecule has 1 aromatic carbocycles. The Labute approximate surface area is 142 Å². The van der Waals surface area contributed by atoms with E-state index in [2.05, 4.69) is 54.0 Å². The van der Waals surface area contributed by atoms with Crippen LogP contribution in [0.4, 0.5) is 0 Å². The lowest BCUT2D eigenvalue weighted by molar-refractivity contribution is -0.970. The molecule has 3 rings (SSSR count). The maximum absolute atomic E-state index is 5.89. The molecule has 0 saturated carbocycles. The molecule has 1 aromatic rings. The number of benzene rings is 1. The molecule has 0 aliphatic carbocycles. The number of quaternary nitrogens is 2. The molecule has 0 bridgehead atoms. The number of likely N-dealkylation sites (tertiary alicyclic amines) is 1. The summed E-state index contributed by atoms with van der Waals surface area (Å²) in [5.41, 5.74) is 1.46. The number of nitrogens with one attached hydrogen (secondary N) is 2. The topological polar surface area (TPSA) is 18.1 Å². The third kappa shape index (κ3) is 4.31. The molecule has 0 radical (unpaired) electrons. The summed E-state index contributed by atoms with van der Waals surface area (Å²) in [6.45, 7) is 10.6. The number of rotatable bonds is 3. The number of hydrogen-bond donors (Lipinski definition) is 2. The molecule has 2 N–H and O–H groups in total. The summed E-state index contributed by atoms with van der Waals surface area (Å²) in [6.07, 6.45) is 3.57. The van der Waals surface area contributed by atoms with Gasteiger partial charge in [0, 0.05) is 22.9 Å². The minimum Gasteiger partial charge on any atom is -0.364 e. The molecule has 1 unspecified atom stereocenters. The van der Waals surface area contributed by atoms with Crippen molar-refractivity contribution in [3.05, 3.63) is 34.3 Å². The summed E-state index contributed by atoms with van der Waals surface area (Å²) >= 11 is 3.51. The van der Waals surface area contributed by atoms with Crippen molar-refractivity contribution in [2.45, 2.75) is 51.5 Å². The van der Waals surface area contributed by atoms with Crippen LogP contribution in [0, 0.1) is 0 Å². The second-order valence-corrected chi connectivity index (χ2v) is 8.07. The zero-order valence-corrected chi connectivity index (χ0v) is 15.4. The second-order valence-electron chi connectivity index (χ2n) is 7.15. The van der Waals surface area contributed by atoms with E-state index < -0.39 is 0 Å². The van der Waals surface area contributed by atoms with E-state index in [9.17, 15) is 0 Å². The molecule has 2 fully saturated rings. The van der Waals surface area contributed by atoms with Crippen molar-refractivity contribution in [1.82, 2.24) is 0 Å². The minimum absolute atomic E-state index is 0.423. The van der Waals surface area contributed by atoms with Gasteiger partial charge in [-0.05, 0) is 26.0 Å². The maximum atomic E-state index is 5.89. The van der Waals surface area contributed by atoms with Crippen LogP contribution < -0.4 is 9.80 Å². The van der Waals surface area contributed by atoms with E-state index in [1.54, 1.807) is 9.80 Å². The van der Waals surface area contributed by atoms with Crippen molar-refractivity contribution in [1.29, 1.82) is 0 Å². The van der Waals surface area contributed by atoms with E-state index in [0.717, 1.165) is 6.04 Å². The largest absolute Gasteiger partial charge is 0.364 e. The molecule has 0 spiro atoms. The van der Waals surface area contributed by atoms with Crippen LogP contribution in [-0.4, -0.2) is 44.4 Å². The van der Waals surface area contributed by atoms with Crippen LogP contribution in [0.1, 0.15) is 32.3 Å². The van der Waals surface area contributed by atoms with Gasteiger partial charge in [-0.25, -0.2) is 0 Å². The van der Waals surface area contributed by atoms with Gasteiger partial charge in [0.25, 0.3) is 0 Å². The van der Waals surface area contributed by atoms with Gasteiger partial charge in [-0.1, -0.05) is 28.1 Å². The summed E-state index contributed by atoms with van der Waals surface area (Å²) in [7, 11) is 0. The maximum Gasteiger partial charge on any atom is 0.104 e. The molecule has 3 nitrogen and oxygen atoms in total. The number of piperidine rings is 1. The number of ether oxygens (including phenoxy) is 1. The first-order chi connectivity index (χ1) is 10.6. The molecule has 22 heavy (non-hydrogen) atoms. The van der Waals surface area contributed by atoms with Gasteiger partial charge >= 0.3 is 0 Å². The highest BCUT2D eigenvalue weighted by Crippen LogP contribution is 2.10. The predicted octanol–water partition coefficient (Wildman–Crippen LogP) is 0.689. The summed E-state index contributed by atoms with van der Waals surface area (Å²) < 4.78 is 7.06. The van der Waals surface area contributed by atoms with Gasteiger partial charge in [-0.15, -0.1) is 0 Å². The molecule has 2 aliphatic heterocycles. The lowest BCUT2D eigenvalue weighted by Gasteiger charge is -2.39. The monoisotopic (exact) mass is 368 g/mol. The van der Waals surface area contributed by atoms with Crippen LogP contribution in [0.15, 0.2) is 28.7 Å². The lowest BCUT2D eigenvalue weighted by Crippen LogP contribution is -3.22. The van der Waals surface area contributed by atoms with Gasteiger partial charge in [0.15, 0.2) is 0 Å². The van der Waals surface area contributed by atoms with E-state index in [1.165, 1.54) is 55.6 Å². The number of hydrogen-bond acceptors (Lipinski definition) is 1. The fraction of sp³-hybridized carbons (Fsp3) is 0.667. The first kappa shape index (κ1) is 16.4. The molecule has 0 aromatic heterocycles. The van der Waals surface area contributed by atoms with Crippen LogP contribution in [0.5, 0.6) is 0 Å². The molecule has 3 atom stereocenters. The van der Waals surface area contributed by atoms with E-state index >= 15 is 0 Å². The Hall–Kier alpha value is -0.420. The van der Waals surface area contributed by atoms with Gasteiger partial charge in [-0.3, -0.25) is 0 Å². The van der Waals surface area contributed by atoms with E-state index in [1.807, 2.05) is 0 Å². The Morgan fingerprint density at radius 2 is 1.64 bits per heavy atom. The standard InChI is InChI=1S/C18H27BrN2O/c1-14-11-21(12-15(2)22-14)18-7-9-20(10-8-18)13-16-3-5-17(19)6-4-16/h3-6,14-15,18H,7-13H2,1-2H3/p+2/t14-,15+. The van der Waals surface area contributed by atoms with E-state index in [-0.39, 0.29) is 0 Å². The zero-order chi connectivity index (χ0) is 15.5. The van der Waals surface area contributed by atoms with Crippen LogP contribution in [0.25, 0.3) is 0 Å². The van der Waals surface area contributed by atoms with Gasteiger partial charge < -0.3 is 14.5 Å². The van der Waals surface area contributed by atoms with Crippen LogP contribution in [0.2, 0.25) is 0 Å². The Kier molecular flexibility index (Phi) is 5.55. The van der Waals surface area contributed by atoms with Crippen LogP contribution in [-0.2, 0) is 11.3 Å². The van der Waals surface area contributed by atoms with E-state index in [0.29, 0.717) is 12.2 Å². The van der Waals surface area contributed by atoms with E-state index in [4.69, 9.17) is 4.74 Å². The fourth-order valence-corrected chi connectivity index (χ4v) is 4.41. The van der Waals surface area contributed by atoms with Crippen molar-refractivity contribution in [2.75, 3.05) is 26.2 Å². The number of halogens is 1. The van der Waals surface area contributed by atoms with Crippen molar-refractivity contribution in [3.8, 4) is 0 Å². The predicted molar refractivity (Wildman–Crippen MR) is 92.3 cm³/mol. The fourth-order valence-electron chi connectivity index (χ4n) is 4.15. The summed E-state index contributed by atoms with van der Waals surface area (Å²) in [5, 5.41) is 0. The normalized spacial score (nSPS) is 36.2. The average molecular weight is 369 g/mol. The van der Waals surface area contributed by atoms with Crippen molar-refractivity contribution >= 4 is 15.9 Å². The van der Waals surface area contributed by atoms with Gasteiger partial charge in [-0.2, -0.15) is 0 Å². The van der Waals surface area contributed by atoms with Gasteiger partial charge in [0.05, 0.1) is 19.1 Å². The zero-order valence-electron chi connectivity index (χ0n) is 13.8. The van der Waals surface area contributed by atoms with Gasteiger partial charge in [0.2, 0.25) is 0 Å². The Morgan fingerprint density at radius 1 is 1.05 bits per heavy atom. The van der Waals surface area contributed by atoms with Crippen molar-refractivity contribution < 1.29 is 14.5 Å². The first-order valence-electron chi connectivity index (χ1n) is 8.68. The van der Waals surface area contributed by atoms with Crippen molar-refractivity contribution in [2.24, 2.45) is 0 Å². The molecule has 4 heteroatoms. The Morgan fingerprint density at radius 3 is 2.23 bits per heavy atom. The molecule has 0 amide bonds.